The summed E-state index contributed by atoms with van der Waals surface area (Å²) in [6.45, 7) is 4.49. The second-order valence-electron chi connectivity index (χ2n) is 4.05. The molecule has 84 valence electrons. The highest BCUT2D eigenvalue weighted by Crippen LogP contribution is 2.16. The zero-order valence-corrected chi connectivity index (χ0v) is 11.2. The van der Waals surface area contributed by atoms with Crippen molar-refractivity contribution in [3.63, 3.8) is 0 Å². The van der Waals surface area contributed by atoms with E-state index in [1.807, 2.05) is 0 Å². The molecule has 1 aromatic carbocycles. The summed E-state index contributed by atoms with van der Waals surface area (Å²) in [7, 11) is 0. The Morgan fingerprint density at radius 2 is 1.87 bits per heavy atom. The molecule has 0 radical (unpaired) electrons. The zero-order valence-electron chi connectivity index (χ0n) is 9.59. The molecule has 0 aliphatic heterocycles. The highest BCUT2D eigenvalue weighted by molar-refractivity contribution is 9.10. The molecule has 0 aliphatic carbocycles. The van der Waals surface area contributed by atoms with Gasteiger partial charge in [0.15, 0.2) is 0 Å². The fourth-order valence-corrected chi connectivity index (χ4v) is 1.87. The number of unbranched alkanes of at least 4 members (excludes halogenated alkanes) is 2. The maximum absolute atomic E-state index is 3.51. The van der Waals surface area contributed by atoms with E-state index in [0.29, 0.717) is 6.04 Å². The van der Waals surface area contributed by atoms with Crippen LogP contribution in [0.5, 0.6) is 0 Å². The van der Waals surface area contributed by atoms with Crippen LogP contribution in [0.4, 0.5) is 5.69 Å². The van der Waals surface area contributed by atoms with Crippen molar-refractivity contribution in [2.45, 2.75) is 45.6 Å². The minimum Gasteiger partial charge on any atom is -0.383 e. The molecule has 1 nitrogen and oxygen atoms in total. The molecule has 0 aliphatic rings. The summed E-state index contributed by atoms with van der Waals surface area (Å²) in [5.41, 5.74) is 1.21. The molecule has 1 rings (SSSR count). The van der Waals surface area contributed by atoms with E-state index in [9.17, 15) is 0 Å². The Morgan fingerprint density at radius 3 is 2.47 bits per heavy atom. The van der Waals surface area contributed by atoms with Crippen molar-refractivity contribution in [3.8, 4) is 0 Å². The van der Waals surface area contributed by atoms with Gasteiger partial charge < -0.3 is 5.32 Å². The van der Waals surface area contributed by atoms with Crippen molar-refractivity contribution < 1.29 is 0 Å². The molecule has 1 N–H and O–H groups in total. The van der Waals surface area contributed by atoms with Crippen LogP contribution in [0.15, 0.2) is 28.7 Å². The average Bonchev–Trinajstić information content (AvgIpc) is 2.22. The third kappa shape index (κ3) is 5.22. The maximum Gasteiger partial charge on any atom is 0.0342 e. The Balaban J connectivity index is 2.31. The van der Waals surface area contributed by atoms with Crippen molar-refractivity contribution in [3.05, 3.63) is 28.7 Å². The first-order chi connectivity index (χ1) is 7.22. The highest BCUT2D eigenvalue weighted by atomic mass is 79.9. The lowest BCUT2D eigenvalue weighted by Gasteiger charge is -2.14. The summed E-state index contributed by atoms with van der Waals surface area (Å²) in [6, 6.07) is 8.93. The molecule has 2 heteroatoms. The van der Waals surface area contributed by atoms with E-state index in [2.05, 4.69) is 59.4 Å². The second kappa shape index (κ2) is 6.89. The molecule has 1 atom stereocenters. The van der Waals surface area contributed by atoms with Crippen molar-refractivity contribution in [1.82, 2.24) is 0 Å². The van der Waals surface area contributed by atoms with Crippen LogP contribution < -0.4 is 5.32 Å². The molecule has 1 aromatic rings. The Kier molecular flexibility index (Phi) is 5.77. The predicted octanol–water partition coefficient (Wildman–Crippen LogP) is 4.83. The van der Waals surface area contributed by atoms with Crippen molar-refractivity contribution in [2.24, 2.45) is 0 Å². The maximum atomic E-state index is 3.51. The summed E-state index contributed by atoms with van der Waals surface area (Å²) in [4.78, 5) is 0. The third-order valence-electron chi connectivity index (χ3n) is 2.50. The van der Waals surface area contributed by atoms with E-state index in [1.165, 1.54) is 31.4 Å². The molecular formula is C13H20BrN. The number of benzene rings is 1. The smallest absolute Gasteiger partial charge is 0.0342 e. The van der Waals surface area contributed by atoms with Crippen molar-refractivity contribution in [2.75, 3.05) is 5.32 Å². The van der Waals surface area contributed by atoms with Crippen LogP contribution in [-0.2, 0) is 0 Å². The highest BCUT2D eigenvalue weighted by Gasteiger charge is 2.00. The standard InChI is InChI=1S/C13H20BrN/c1-3-4-5-6-11(2)15-13-9-7-12(14)8-10-13/h7-11,15H,3-6H2,1-2H3. The molecule has 0 aromatic heterocycles. The van der Waals surface area contributed by atoms with Crippen LogP contribution in [0.3, 0.4) is 0 Å². The molecule has 0 saturated heterocycles. The second-order valence-corrected chi connectivity index (χ2v) is 4.96. The normalized spacial score (nSPS) is 12.5. The van der Waals surface area contributed by atoms with Gasteiger partial charge in [-0.15, -0.1) is 0 Å². The van der Waals surface area contributed by atoms with Gasteiger partial charge in [0.1, 0.15) is 0 Å². The quantitative estimate of drug-likeness (QED) is 0.730. The fraction of sp³-hybridized carbons (Fsp3) is 0.538. The molecule has 15 heavy (non-hydrogen) atoms. The molecule has 0 fully saturated rings. The SMILES string of the molecule is CCCCCC(C)Nc1ccc(Br)cc1. The molecule has 0 bridgehead atoms. The summed E-state index contributed by atoms with van der Waals surface area (Å²) < 4.78 is 1.13. The van der Waals surface area contributed by atoms with Gasteiger partial charge in [-0.2, -0.15) is 0 Å². The van der Waals surface area contributed by atoms with Crippen molar-refractivity contribution in [1.29, 1.82) is 0 Å². The summed E-state index contributed by atoms with van der Waals surface area (Å²) in [5.74, 6) is 0. The van der Waals surface area contributed by atoms with Gasteiger partial charge in [-0.3, -0.25) is 0 Å². The lowest BCUT2D eigenvalue weighted by molar-refractivity contribution is 0.615. The topological polar surface area (TPSA) is 12.0 Å². The average molecular weight is 270 g/mol. The molecule has 1 unspecified atom stereocenters. The number of anilines is 1. The van der Waals surface area contributed by atoms with Gasteiger partial charge in [-0.25, -0.2) is 0 Å². The summed E-state index contributed by atoms with van der Waals surface area (Å²) >= 11 is 3.44. The van der Waals surface area contributed by atoms with Crippen LogP contribution >= 0.6 is 15.9 Å². The van der Waals surface area contributed by atoms with E-state index >= 15 is 0 Å². The van der Waals surface area contributed by atoms with Gasteiger partial charge >= 0.3 is 0 Å². The Bertz CT molecular complexity index is 268. The van der Waals surface area contributed by atoms with Gasteiger partial charge in [0.05, 0.1) is 0 Å². The first-order valence-corrected chi connectivity index (χ1v) is 6.53. The number of hydrogen-bond donors (Lipinski definition) is 1. The molecule has 0 saturated carbocycles. The molecule has 0 heterocycles. The Hall–Kier alpha value is -0.500. The fourth-order valence-electron chi connectivity index (χ4n) is 1.60. The lowest BCUT2D eigenvalue weighted by atomic mass is 10.1. The number of hydrogen-bond acceptors (Lipinski definition) is 1. The van der Waals surface area contributed by atoms with Gasteiger partial charge in [0.2, 0.25) is 0 Å². The minimum atomic E-state index is 0.567. The predicted molar refractivity (Wildman–Crippen MR) is 71.4 cm³/mol. The number of rotatable bonds is 6. The van der Waals surface area contributed by atoms with Crippen LogP contribution in [0.25, 0.3) is 0 Å². The van der Waals surface area contributed by atoms with Gasteiger partial charge in [0.25, 0.3) is 0 Å². The molecule has 0 amide bonds. The first-order valence-electron chi connectivity index (χ1n) is 5.74. The van der Waals surface area contributed by atoms with E-state index in [-0.39, 0.29) is 0 Å². The van der Waals surface area contributed by atoms with Gasteiger partial charge in [-0.1, -0.05) is 42.1 Å². The van der Waals surface area contributed by atoms with E-state index in [0.717, 1.165) is 4.47 Å². The zero-order chi connectivity index (χ0) is 11.1. The molecule has 0 spiro atoms. The lowest BCUT2D eigenvalue weighted by Crippen LogP contribution is -2.14. The monoisotopic (exact) mass is 269 g/mol. The van der Waals surface area contributed by atoms with Crippen LogP contribution in [0.2, 0.25) is 0 Å². The number of halogens is 1. The Labute approximate surface area is 101 Å². The van der Waals surface area contributed by atoms with E-state index < -0.39 is 0 Å². The third-order valence-corrected chi connectivity index (χ3v) is 3.03. The van der Waals surface area contributed by atoms with Crippen LogP contribution in [-0.4, -0.2) is 6.04 Å². The van der Waals surface area contributed by atoms with Crippen LogP contribution in [0.1, 0.15) is 39.5 Å². The van der Waals surface area contributed by atoms with Gasteiger partial charge in [0, 0.05) is 16.2 Å². The van der Waals surface area contributed by atoms with Crippen molar-refractivity contribution >= 4 is 21.6 Å². The summed E-state index contributed by atoms with van der Waals surface area (Å²) in [6.07, 6.45) is 5.21. The van der Waals surface area contributed by atoms with E-state index in [4.69, 9.17) is 0 Å². The molecular weight excluding hydrogens is 250 g/mol. The largest absolute Gasteiger partial charge is 0.383 e. The Morgan fingerprint density at radius 1 is 1.20 bits per heavy atom. The number of nitrogens with one attached hydrogen (secondary N) is 1. The first kappa shape index (κ1) is 12.6. The minimum absolute atomic E-state index is 0.567. The van der Waals surface area contributed by atoms with Crippen LogP contribution in [0, 0.1) is 0 Å². The summed E-state index contributed by atoms with van der Waals surface area (Å²) in [5, 5.41) is 3.51. The van der Waals surface area contributed by atoms with Gasteiger partial charge in [-0.05, 0) is 37.6 Å². The van der Waals surface area contributed by atoms with E-state index in [1.54, 1.807) is 0 Å².